The molecule has 1 unspecified atom stereocenters. The predicted octanol–water partition coefficient (Wildman–Crippen LogP) is 3.16. The van der Waals surface area contributed by atoms with E-state index in [9.17, 15) is 17.6 Å². The minimum absolute atomic E-state index is 0.0222. The molecule has 0 aliphatic heterocycles. The number of hydrogen-bond acceptors (Lipinski definition) is 3. The lowest BCUT2D eigenvalue weighted by Gasteiger charge is -2.25. The van der Waals surface area contributed by atoms with Gasteiger partial charge in [-0.25, -0.2) is 12.8 Å². The van der Waals surface area contributed by atoms with Gasteiger partial charge in [-0.1, -0.05) is 46.3 Å². The van der Waals surface area contributed by atoms with Crippen LogP contribution in [0.15, 0.2) is 53.0 Å². The number of halogens is 2. The molecule has 2 aromatic rings. The Balaban J connectivity index is 2.38. The quantitative estimate of drug-likeness (QED) is 0.816. The maximum atomic E-state index is 13.9. The van der Waals surface area contributed by atoms with Crippen LogP contribution in [-0.2, 0) is 14.8 Å². The summed E-state index contributed by atoms with van der Waals surface area (Å²) in [7, 11) is -2.32. The van der Waals surface area contributed by atoms with Gasteiger partial charge in [-0.05, 0) is 23.8 Å². The summed E-state index contributed by atoms with van der Waals surface area (Å²) in [6, 6.07) is 11.5. The van der Waals surface area contributed by atoms with Crippen LogP contribution in [0.2, 0.25) is 0 Å². The van der Waals surface area contributed by atoms with Gasteiger partial charge in [0.25, 0.3) is 0 Å². The molecule has 1 N–H and O–H groups in total. The van der Waals surface area contributed by atoms with E-state index in [1.807, 2.05) is 0 Å². The molecule has 2 aromatic carbocycles. The van der Waals surface area contributed by atoms with E-state index in [4.69, 9.17) is 0 Å². The molecule has 1 atom stereocenters. The predicted molar refractivity (Wildman–Crippen MR) is 94.5 cm³/mol. The van der Waals surface area contributed by atoms with Crippen molar-refractivity contribution in [3.8, 4) is 0 Å². The Bertz CT molecular complexity index is 844. The molecule has 5 nitrogen and oxygen atoms in total. The van der Waals surface area contributed by atoms with Gasteiger partial charge in [0.05, 0.1) is 11.9 Å². The number of hydrogen-bond donors (Lipinski definition) is 1. The van der Waals surface area contributed by atoms with Gasteiger partial charge in [0.15, 0.2) is 0 Å². The van der Waals surface area contributed by atoms with E-state index >= 15 is 0 Å². The topological polar surface area (TPSA) is 66.5 Å². The highest BCUT2D eigenvalue weighted by molar-refractivity contribution is 9.10. The maximum Gasteiger partial charge on any atom is 0.247 e. The summed E-state index contributed by atoms with van der Waals surface area (Å²) < 4.78 is 39.2. The average Bonchev–Trinajstić information content (AvgIpc) is 2.50. The van der Waals surface area contributed by atoms with E-state index in [-0.39, 0.29) is 5.69 Å². The second-order valence-corrected chi connectivity index (χ2v) is 8.16. The number of likely N-dealkylation sites (N-methyl/N-ethyl adjacent to an activating group) is 1. The molecule has 0 radical (unpaired) electrons. The third-order valence-electron chi connectivity index (χ3n) is 3.44. The fourth-order valence-electron chi connectivity index (χ4n) is 2.15. The minimum Gasteiger partial charge on any atom is -0.322 e. The zero-order chi connectivity index (χ0) is 17.9. The first-order chi connectivity index (χ1) is 11.2. The third-order valence-corrected chi connectivity index (χ3v) is 5.19. The van der Waals surface area contributed by atoms with Crippen molar-refractivity contribution in [2.24, 2.45) is 0 Å². The molecule has 0 saturated heterocycles. The highest BCUT2D eigenvalue weighted by Crippen LogP contribution is 2.25. The van der Waals surface area contributed by atoms with Gasteiger partial charge >= 0.3 is 0 Å². The molecule has 1 amide bonds. The largest absolute Gasteiger partial charge is 0.322 e. The van der Waals surface area contributed by atoms with Crippen LogP contribution < -0.4 is 5.32 Å². The van der Waals surface area contributed by atoms with Gasteiger partial charge in [0.1, 0.15) is 11.9 Å². The zero-order valence-electron chi connectivity index (χ0n) is 13.0. The van der Waals surface area contributed by atoms with Crippen LogP contribution in [0.25, 0.3) is 0 Å². The van der Waals surface area contributed by atoms with E-state index in [1.54, 1.807) is 36.4 Å². The Kier molecular flexibility index (Phi) is 5.74. The first-order valence-electron chi connectivity index (χ1n) is 6.94. The van der Waals surface area contributed by atoms with Gasteiger partial charge < -0.3 is 5.32 Å². The van der Waals surface area contributed by atoms with Gasteiger partial charge in [-0.15, -0.1) is 0 Å². The van der Waals surface area contributed by atoms with Crippen molar-refractivity contribution in [3.63, 3.8) is 0 Å². The lowest BCUT2D eigenvalue weighted by atomic mass is 10.1. The SMILES string of the molecule is CN(C(C(=O)Nc1ccc(Br)cc1F)c1ccccc1)S(C)(=O)=O. The Morgan fingerprint density at radius 1 is 1.21 bits per heavy atom. The summed E-state index contributed by atoms with van der Waals surface area (Å²) in [5.74, 6) is -1.26. The number of sulfonamides is 1. The van der Waals surface area contributed by atoms with Crippen LogP contribution >= 0.6 is 15.9 Å². The smallest absolute Gasteiger partial charge is 0.247 e. The van der Waals surface area contributed by atoms with Crippen molar-refractivity contribution in [3.05, 3.63) is 64.4 Å². The van der Waals surface area contributed by atoms with Crippen LogP contribution in [0.5, 0.6) is 0 Å². The molecule has 8 heteroatoms. The molecule has 128 valence electrons. The Labute approximate surface area is 148 Å². The highest BCUT2D eigenvalue weighted by atomic mass is 79.9. The zero-order valence-corrected chi connectivity index (χ0v) is 15.4. The summed E-state index contributed by atoms with van der Waals surface area (Å²) in [6.07, 6.45) is 1.01. The fourth-order valence-corrected chi connectivity index (χ4v) is 3.08. The molecule has 24 heavy (non-hydrogen) atoms. The van der Waals surface area contributed by atoms with Gasteiger partial charge in [0, 0.05) is 11.5 Å². The van der Waals surface area contributed by atoms with Gasteiger partial charge in [-0.3, -0.25) is 4.79 Å². The van der Waals surface area contributed by atoms with E-state index in [0.29, 0.717) is 10.0 Å². The van der Waals surface area contributed by atoms with Crippen LogP contribution in [0.3, 0.4) is 0 Å². The fraction of sp³-hybridized carbons (Fsp3) is 0.188. The summed E-state index contributed by atoms with van der Waals surface area (Å²) in [4.78, 5) is 12.6. The number of nitrogens with zero attached hydrogens (tertiary/aromatic N) is 1. The van der Waals surface area contributed by atoms with E-state index < -0.39 is 27.8 Å². The summed E-state index contributed by atoms with van der Waals surface area (Å²) >= 11 is 3.14. The lowest BCUT2D eigenvalue weighted by Crippen LogP contribution is -2.38. The number of carbonyl (C=O) groups excluding carboxylic acids is 1. The first kappa shape index (κ1) is 18.6. The van der Waals surface area contributed by atoms with Crippen LogP contribution in [-0.4, -0.2) is 31.9 Å². The maximum absolute atomic E-state index is 13.9. The van der Waals surface area contributed by atoms with Crippen LogP contribution in [0.4, 0.5) is 10.1 Å². The van der Waals surface area contributed by atoms with Crippen molar-refractivity contribution >= 4 is 37.5 Å². The number of rotatable bonds is 5. The third kappa shape index (κ3) is 4.40. The molecular formula is C16H16BrFN2O3S. The second kappa shape index (κ2) is 7.42. The normalized spacial score (nSPS) is 12.9. The number of carbonyl (C=O) groups is 1. The number of amides is 1. The molecular weight excluding hydrogens is 399 g/mol. The van der Waals surface area contributed by atoms with E-state index in [2.05, 4.69) is 21.2 Å². The van der Waals surface area contributed by atoms with Gasteiger partial charge in [0.2, 0.25) is 15.9 Å². The number of anilines is 1. The monoisotopic (exact) mass is 414 g/mol. The summed E-state index contributed by atoms with van der Waals surface area (Å²) in [6.45, 7) is 0. The van der Waals surface area contributed by atoms with Crippen molar-refractivity contribution in [2.75, 3.05) is 18.6 Å². The summed E-state index contributed by atoms with van der Waals surface area (Å²) in [5.41, 5.74) is 0.464. The standard InChI is InChI=1S/C16H16BrFN2O3S/c1-20(24(2,22)23)15(11-6-4-3-5-7-11)16(21)19-14-9-8-12(17)10-13(14)18/h3-10,15H,1-2H3,(H,19,21). The molecule has 0 aliphatic carbocycles. The van der Waals surface area contributed by atoms with Crippen molar-refractivity contribution < 1.29 is 17.6 Å². The molecule has 0 heterocycles. The Morgan fingerprint density at radius 2 is 1.83 bits per heavy atom. The van der Waals surface area contributed by atoms with Crippen LogP contribution in [0, 0.1) is 5.82 Å². The average molecular weight is 415 g/mol. The van der Waals surface area contributed by atoms with Crippen molar-refractivity contribution in [2.45, 2.75) is 6.04 Å². The second-order valence-electron chi connectivity index (χ2n) is 5.21. The number of nitrogens with one attached hydrogen (secondary N) is 1. The Hall–Kier alpha value is -1.77. The van der Waals surface area contributed by atoms with E-state index in [1.165, 1.54) is 19.2 Å². The molecule has 0 spiro atoms. The number of benzene rings is 2. The molecule has 0 saturated carbocycles. The molecule has 2 rings (SSSR count). The first-order valence-corrected chi connectivity index (χ1v) is 9.58. The molecule has 0 bridgehead atoms. The lowest BCUT2D eigenvalue weighted by molar-refractivity contribution is -0.119. The van der Waals surface area contributed by atoms with Crippen molar-refractivity contribution in [1.82, 2.24) is 4.31 Å². The Morgan fingerprint density at radius 3 is 2.38 bits per heavy atom. The molecule has 0 aliphatic rings. The highest BCUT2D eigenvalue weighted by Gasteiger charge is 2.31. The van der Waals surface area contributed by atoms with Crippen LogP contribution in [0.1, 0.15) is 11.6 Å². The van der Waals surface area contributed by atoms with Crippen molar-refractivity contribution in [1.29, 1.82) is 0 Å². The van der Waals surface area contributed by atoms with Gasteiger partial charge in [-0.2, -0.15) is 4.31 Å². The molecule has 0 aromatic heterocycles. The minimum atomic E-state index is -3.63. The van der Waals surface area contributed by atoms with E-state index in [0.717, 1.165) is 10.6 Å². The molecule has 0 fully saturated rings. The summed E-state index contributed by atoms with van der Waals surface area (Å²) in [5, 5.41) is 2.45.